The van der Waals surface area contributed by atoms with Gasteiger partial charge in [-0.1, -0.05) is 11.6 Å². The molecule has 0 bridgehead atoms. The lowest BCUT2D eigenvalue weighted by Crippen LogP contribution is -2.52. The van der Waals surface area contributed by atoms with Crippen molar-refractivity contribution >= 4 is 44.4 Å². The molecule has 0 aromatic carbocycles. The zero-order chi connectivity index (χ0) is 21.6. The van der Waals surface area contributed by atoms with Crippen LogP contribution in [0.3, 0.4) is 0 Å². The molecule has 2 aromatic heterocycles. The van der Waals surface area contributed by atoms with Crippen LogP contribution in [0.2, 0.25) is 4.34 Å². The molecule has 4 heterocycles. The largest absolute Gasteiger partial charge is 0.365 e. The molecule has 2 saturated heterocycles. The topological polar surface area (TPSA) is 83.5 Å². The van der Waals surface area contributed by atoms with Gasteiger partial charge in [0.05, 0.1) is 40.0 Å². The molecule has 3 fully saturated rings. The molecule has 1 saturated carbocycles. The average molecular weight is 481 g/mol. The summed E-state index contributed by atoms with van der Waals surface area (Å²) >= 11 is 7.70. The summed E-state index contributed by atoms with van der Waals surface area (Å²) in [5.74, 6) is 1.47. The summed E-state index contributed by atoms with van der Waals surface area (Å²) in [4.78, 5) is 27.7. The van der Waals surface area contributed by atoms with Crippen LogP contribution in [-0.4, -0.2) is 60.3 Å². The van der Waals surface area contributed by atoms with Crippen LogP contribution < -0.4 is 4.90 Å². The number of carbonyl (C=O) groups excluding carboxylic acids is 1. The number of nitrogens with zero attached hydrogens (tertiary/aromatic N) is 4. The third-order valence-corrected chi connectivity index (χ3v) is 9.50. The highest BCUT2D eigenvalue weighted by atomic mass is 35.5. The van der Waals surface area contributed by atoms with Gasteiger partial charge in [-0.2, -0.15) is 0 Å². The first-order valence-corrected chi connectivity index (χ1v) is 13.7. The van der Waals surface area contributed by atoms with Gasteiger partial charge in [0.15, 0.2) is 0 Å². The van der Waals surface area contributed by atoms with Crippen molar-refractivity contribution in [1.82, 2.24) is 14.9 Å². The number of sulfone groups is 1. The Hall–Kier alpha value is -1.71. The van der Waals surface area contributed by atoms with E-state index >= 15 is 0 Å². The van der Waals surface area contributed by atoms with E-state index in [1.807, 2.05) is 29.4 Å². The summed E-state index contributed by atoms with van der Waals surface area (Å²) < 4.78 is 24.3. The number of aromatic nitrogens is 2. The van der Waals surface area contributed by atoms with Gasteiger partial charge in [0, 0.05) is 36.3 Å². The fourth-order valence-corrected chi connectivity index (χ4v) is 7.11. The molecule has 0 spiro atoms. The number of hydrogen-bond donors (Lipinski definition) is 0. The number of amides is 1. The van der Waals surface area contributed by atoms with Crippen molar-refractivity contribution in [3.8, 4) is 0 Å². The molecule has 166 valence electrons. The molecule has 7 nitrogen and oxygen atoms in total. The lowest BCUT2D eigenvalue weighted by Gasteiger charge is -2.43. The summed E-state index contributed by atoms with van der Waals surface area (Å²) in [6.07, 6.45) is 6.95. The molecular weight excluding hydrogens is 456 g/mol. The fraction of sp³-hybridized carbons (Fsp3) is 0.571. The second-order valence-corrected chi connectivity index (χ2v) is 12.7. The quantitative estimate of drug-likeness (QED) is 0.667. The molecular formula is C21H25ClN4O3S2. The van der Waals surface area contributed by atoms with Crippen LogP contribution in [0.4, 0.5) is 5.69 Å². The highest BCUT2D eigenvalue weighted by molar-refractivity contribution is 7.91. The van der Waals surface area contributed by atoms with Crippen LogP contribution in [0.25, 0.3) is 0 Å². The number of hydrogen-bond acceptors (Lipinski definition) is 7. The first-order valence-electron chi connectivity index (χ1n) is 10.7. The van der Waals surface area contributed by atoms with Gasteiger partial charge < -0.3 is 9.80 Å². The lowest BCUT2D eigenvalue weighted by atomic mass is 9.98. The van der Waals surface area contributed by atoms with E-state index in [9.17, 15) is 13.2 Å². The summed E-state index contributed by atoms with van der Waals surface area (Å²) in [5, 5.41) is 0. The van der Waals surface area contributed by atoms with Crippen LogP contribution in [0.15, 0.2) is 24.5 Å². The Morgan fingerprint density at radius 3 is 2.39 bits per heavy atom. The van der Waals surface area contributed by atoms with Crippen LogP contribution >= 0.6 is 22.9 Å². The normalized spacial score (nSPS) is 24.4. The molecule has 0 N–H and O–H groups in total. The van der Waals surface area contributed by atoms with E-state index in [2.05, 4.69) is 14.9 Å². The first-order chi connectivity index (χ1) is 14.9. The number of thiophene rings is 1. The van der Waals surface area contributed by atoms with E-state index in [-0.39, 0.29) is 29.4 Å². The highest BCUT2D eigenvalue weighted by Crippen LogP contribution is 2.39. The number of piperazine rings is 1. The average Bonchev–Trinajstić information content (AvgIpc) is 3.53. The Bertz CT molecular complexity index is 1050. The predicted molar refractivity (Wildman–Crippen MR) is 121 cm³/mol. The molecule has 1 atom stereocenters. The second-order valence-electron chi connectivity index (χ2n) is 8.64. The molecule has 2 aromatic rings. The van der Waals surface area contributed by atoms with E-state index in [0.717, 1.165) is 16.4 Å². The third-order valence-electron chi connectivity index (χ3n) is 6.46. The van der Waals surface area contributed by atoms with Gasteiger partial charge in [-0.05, 0) is 37.8 Å². The van der Waals surface area contributed by atoms with Crippen molar-refractivity contribution in [3.63, 3.8) is 0 Å². The molecule has 1 aliphatic carbocycles. The van der Waals surface area contributed by atoms with E-state index in [0.29, 0.717) is 42.7 Å². The van der Waals surface area contributed by atoms with E-state index in [4.69, 9.17) is 11.6 Å². The minimum atomic E-state index is -3.00. The molecule has 10 heteroatoms. The second kappa shape index (κ2) is 8.33. The monoisotopic (exact) mass is 480 g/mol. The van der Waals surface area contributed by atoms with Crippen molar-refractivity contribution in [3.05, 3.63) is 39.6 Å². The Balaban J connectivity index is 1.35. The Morgan fingerprint density at radius 2 is 1.77 bits per heavy atom. The minimum Gasteiger partial charge on any atom is -0.365 e. The molecule has 3 aliphatic rings. The van der Waals surface area contributed by atoms with Gasteiger partial charge in [-0.25, -0.2) is 18.4 Å². The van der Waals surface area contributed by atoms with Crippen molar-refractivity contribution < 1.29 is 13.2 Å². The first kappa shape index (κ1) is 21.2. The van der Waals surface area contributed by atoms with Crippen molar-refractivity contribution in [2.24, 2.45) is 5.92 Å². The molecule has 1 unspecified atom stereocenters. The third kappa shape index (κ3) is 4.59. The number of carbonyl (C=O) groups is 1. The molecule has 1 amide bonds. The Morgan fingerprint density at radius 1 is 1.06 bits per heavy atom. The van der Waals surface area contributed by atoms with Crippen LogP contribution in [0, 0.1) is 5.92 Å². The van der Waals surface area contributed by atoms with Crippen molar-refractivity contribution in [2.75, 3.05) is 36.0 Å². The maximum Gasteiger partial charge on any atom is 0.226 e. The van der Waals surface area contributed by atoms with Crippen LogP contribution in [-0.2, 0) is 14.6 Å². The van der Waals surface area contributed by atoms with Gasteiger partial charge in [-0.3, -0.25) is 4.79 Å². The lowest BCUT2D eigenvalue weighted by molar-refractivity contribution is -0.138. The molecule has 31 heavy (non-hydrogen) atoms. The fourth-order valence-electron chi connectivity index (χ4n) is 4.45. The van der Waals surface area contributed by atoms with E-state index < -0.39 is 9.84 Å². The Labute approximate surface area is 191 Å². The standard InChI is InChI=1S/C21H25ClN4O3S2/c22-19-4-3-18(30-19)17-13-25(16-11-23-20(24-12-16)14-1-2-14)7-8-26(17)21(27)15-5-9-31(28,29)10-6-15/h3-4,11-12,14-15,17H,1-2,5-10,13H2. The zero-order valence-electron chi connectivity index (χ0n) is 17.1. The summed E-state index contributed by atoms with van der Waals surface area (Å²) in [6, 6.07) is 3.73. The maximum atomic E-state index is 13.4. The van der Waals surface area contributed by atoms with Gasteiger partial charge in [0.2, 0.25) is 5.91 Å². The molecule has 0 radical (unpaired) electrons. The SMILES string of the molecule is O=C(C1CCS(=O)(=O)CC1)N1CCN(c2cnc(C3CC3)nc2)CC1c1ccc(Cl)s1. The maximum absolute atomic E-state index is 13.4. The predicted octanol–water partition coefficient (Wildman–Crippen LogP) is 3.28. The summed E-state index contributed by atoms with van der Waals surface area (Å²) in [6.45, 7) is 1.91. The highest BCUT2D eigenvalue weighted by Gasteiger charge is 2.38. The zero-order valence-corrected chi connectivity index (χ0v) is 19.5. The van der Waals surface area contributed by atoms with Gasteiger partial charge in [-0.15, -0.1) is 11.3 Å². The summed E-state index contributed by atoms with van der Waals surface area (Å²) in [7, 11) is -3.00. The van der Waals surface area contributed by atoms with Crippen LogP contribution in [0.1, 0.15) is 48.3 Å². The van der Waals surface area contributed by atoms with Crippen molar-refractivity contribution in [1.29, 1.82) is 0 Å². The van der Waals surface area contributed by atoms with Gasteiger partial charge >= 0.3 is 0 Å². The van der Waals surface area contributed by atoms with Gasteiger partial charge in [0.25, 0.3) is 0 Å². The molecule has 2 aliphatic heterocycles. The van der Waals surface area contributed by atoms with Gasteiger partial charge in [0.1, 0.15) is 15.7 Å². The summed E-state index contributed by atoms with van der Waals surface area (Å²) in [5.41, 5.74) is 0.966. The van der Waals surface area contributed by atoms with Crippen molar-refractivity contribution in [2.45, 2.75) is 37.6 Å². The van der Waals surface area contributed by atoms with Crippen LogP contribution in [0.5, 0.6) is 0 Å². The smallest absolute Gasteiger partial charge is 0.226 e. The number of halogens is 1. The number of rotatable bonds is 4. The van der Waals surface area contributed by atoms with E-state index in [1.54, 1.807) is 0 Å². The molecule has 5 rings (SSSR count). The number of anilines is 1. The van der Waals surface area contributed by atoms with E-state index in [1.165, 1.54) is 24.2 Å². The Kier molecular flexibility index (Phi) is 5.68. The minimum absolute atomic E-state index is 0.0596.